The van der Waals surface area contributed by atoms with Crippen molar-refractivity contribution in [3.05, 3.63) is 35.9 Å². The van der Waals surface area contributed by atoms with Crippen LogP contribution in [-0.4, -0.2) is 14.7 Å². The van der Waals surface area contributed by atoms with Crippen molar-refractivity contribution in [3.8, 4) is 0 Å². The van der Waals surface area contributed by atoms with Crippen molar-refractivity contribution in [2.75, 3.05) is 6.26 Å². The van der Waals surface area contributed by atoms with Crippen LogP contribution in [0.2, 0.25) is 0 Å². The van der Waals surface area contributed by atoms with Gasteiger partial charge in [0.05, 0.1) is 5.75 Å². The molecule has 0 spiro atoms. The maximum Gasteiger partial charge on any atom is 0.151 e. The van der Waals surface area contributed by atoms with Gasteiger partial charge in [-0.2, -0.15) is 0 Å². The molecule has 6 heteroatoms. The SMILES string of the molecule is Br.Br.Br.CS(=O)(=O)Cc1ccccc1. The third kappa shape index (κ3) is 9.18. The molecule has 0 aromatic heterocycles. The van der Waals surface area contributed by atoms with Gasteiger partial charge in [0.25, 0.3) is 0 Å². The van der Waals surface area contributed by atoms with Gasteiger partial charge in [0, 0.05) is 6.26 Å². The lowest BCUT2D eigenvalue weighted by Crippen LogP contribution is -1.99. The van der Waals surface area contributed by atoms with E-state index in [9.17, 15) is 8.42 Å². The van der Waals surface area contributed by atoms with Crippen LogP contribution in [0.3, 0.4) is 0 Å². The molecule has 14 heavy (non-hydrogen) atoms. The zero-order valence-corrected chi connectivity index (χ0v) is 13.5. The van der Waals surface area contributed by atoms with Gasteiger partial charge in [-0.15, -0.1) is 50.9 Å². The average molecular weight is 413 g/mol. The average Bonchev–Trinajstić information content (AvgIpc) is 1.85. The van der Waals surface area contributed by atoms with Crippen molar-refractivity contribution in [1.82, 2.24) is 0 Å². The molecule has 0 N–H and O–H groups in total. The Bertz CT molecular complexity index is 324. The summed E-state index contributed by atoms with van der Waals surface area (Å²) < 4.78 is 21.6. The van der Waals surface area contributed by atoms with E-state index in [4.69, 9.17) is 0 Å². The summed E-state index contributed by atoms with van der Waals surface area (Å²) in [6, 6.07) is 9.15. The molecule has 0 amide bonds. The molecule has 0 heterocycles. The fraction of sp³-hybridized carbons (Fsp3) is 0.250. The van der Waals surface area contributed by atoms with Gasteiger partial charge in [-0.25, -0.2) is 8.42 Å². The summed E-state index contributed by atoms with van der Waals surface area (Å²) >= 11 is 0. The van der Waals surface area contributed by atoms with E-state index in [-0.39, 0.29) is 56.7 Å². The molecule has 2 nitrogen and oxygen atoms in total. The summed E-state index contributed by atoms with van der Waals surface area (Å²) in [4.78, 5) is 0. The Hall–Kier alpha value is 0.610. The number of rotatable bonds is 2. The van der Waals surface area contributed by atoms with Crippen molar-refractivity contribution in [3.63, 3.8) is 0 Å². The summed E-state index contributed by atoms with van der Waals surface area (Å²) in [5.74, 6) is 0.133. The molecule has 0 unspecified atom stereocenters. The molecule has 0 fully saturated rings. The van der Waals surface area contributed by atoms with Gasteiger partial charge in [0.1, 0.15) is 0 Å². The fourth-order valence-electron chi connectivity index (χ4n) is 0.877. The molecule has 0 atom stereocenters. The van der Waals surface area contributed by atoms with Crippen molar-refractivity contribution >= 4 is 60.8 Å². The van der Waals surface area contributed by atoms with Crippen LogP contribution in [0.5, 0.6) is 0 Å². The predicted molar refractivity (Wildman–Crippen MR) is 76.0 cm³/mol. The van der Waals surface area contributed by atoms with Crippen LogP contribution in [0, 0.1) is 0 Å². The number of halogens is 3. The third-order valence-corrected chi connectivity index (χ3v) is 2.13. The molecular weight excluding hydrogens is 400 g/mol. The minimum Gasteiger partial charge on any atom is -0.229 e. The van der Waals surface area contributed by atoms with E-state index in [2.05, 4.69) is 0 Å². The van der Waals surface area contributed by atoms with Gasteiger partial charge >= 0.3 is 0 Å². The van der Waals surface area contributed by atoms with Gasteiger partial charge < -0.3 is 0 Å². The molecule has 1 aromatic rings. The highest BCUT2D eigenvalue weighted by atomic mass is 79.9. The number of benzene rings is 1. The van der Waals surface area contributed by atoms with E-state index in [1.807, 2.05) is 18.2 Å². The highest BCUT2D eigenvalue weighted by molar-refractivity contribution is 8.93. The topological polar surface area (TPSA) is 34.1 Å². The first-order valence-electron chi connectivity index (χ1n) is 3.29. The van der Waals surface area contributed by atoms with Crippen LogP contribution in [0.15, 0.2) is 30.3 Å². The molecule has 1 aromatic carbocycles. The smallest absolute Gasteiger partial charge is 0.151 e. The highest BCUT2D eigenvalue weighted by Crippen LogP contribution is 2.02. The van der Waals surface area contributed by atoms with Crippen LogP contribution in [-0.2, 0) is 15.6 Å². The summed E-state index contributed by atoms with van der Waals surface area (Å²) in [7, 11) is -2.88. The molecule has 0 radical (unpaired) electrons. The van der Waals surface area contributed by atoms with Crippen molar-refractivity contribution in [1.29, 1.82) is 0 Å². The first kappa shape index (κ1) is 20.1. The monoisotopic (exact) mass is 410 g/mol. The summed E-state index contributed by atoms with van der Waals surface area (Å²) in [5, 5.41) is 0. The summed E-state index contributed by atoms with van der Waals surface area (Å²) in [6.07, 6.45) is 1.24. The van der Waals surface area contributed by atoms with Crippen molar-refractivity contribution < 1.29 is 8.42 Å². The van der Waals surface area contributed by atoms with Gasteiger partial charge in [-0.1, -0.05) is 30.3 Å². The summed E-state index contributed by atoms with van der Waals surface area (Å²) in [6.45, 7) is 0. The second-order valence-electron chi connectivity index (χ2n) is 2.56. The molecule has 0 aliphatic heterocycles. The zero-order chi connectivity index (χ0) is 8.32. The normalized spacial score (nSPS) is 8.93. The van der Waals surface area contributed by atoms with Crippen LogP contribution in [0.4, 0.5) is 0 Å². The molecule has 84 valence electrons. The van der Waals surface area contributed by atoms with Crippen molar-refractivity contribution in [2.24, 2.45) is 0 Å². The van der Waals surface area contributed by atoms with E-state index in [0.29, 0.717) is 0 Å². The first-order valence-corrected chi connectivity index (χ1v) is 5.36. The summed E-state index contributed by atoms with van der Waals surface area (Å²) in [5.41, 5.74) is 0.843. The number of hydrogen-bond donors (Lipinski definition) is 0. The predicted octanol–water partition coefficient (Wildman–Crippen LogP) is 2.96. The Morgan fingerprint density at radius 1 is 1.00 bits per heavy atom. The lowest BCUT2D eigenvalue weighted by Gasteiger charge is -1.96. The van der Waals surface area contributed by atoms with Crippen molar-refractivity contribution in [2.45, 2.75) is 5.75 Å². The zero-order valence-electron chi connectivity index (χ0n) is 7.54. The minimum atomic E-state index is -2.88. The van der Waals surface area contributed by atoms with Crippen LogP contribution in [0.25, 0.3) is 0 Å². The van der Waals surface area contributed by atoms with E-state index in [1.165, 1.54) is 6.26 Å². The molecule has 0 aliphatic carbocycles. The van der Waals surface area contributed by atoms with Gasteiger partial charge in [0.15, 0.2) is 9.84 Å². The van der Waals surface area contributed by atoms with E-state index in [1.54, 1.807) is 12.1 Å². The maximum absolute atomic E-state index is 10.8. The standard InChI is InChI=1S/C8H10O2S.3BrH/c1-11(9,10)7-8-5-3-2-4-6-8;;;/h2-6H,7H2,1H3;3*1H. The molecule has 0 saturated heterocycles. The van der Waals surface area contributed by atoms with Crippen LogP contribution < -0.4 is 0 Å². The van der Waals surface area contributed by atoms with E-state index in [0.717, 1.165) is 5.56 Å². The fourth-order valence-corrected chi connectivity index (χ4v) is 1.67. The second-order valence-corrected chi connectivity index (χ2v) is 4.70. The van der Waals surface area contributed by atoms with Crippen LogP contribution in [0.1, 0.15) is 5.56 Å². The van der Waals surface area contributed by atoms with Gasteiger partial charge in [-0.05, 0) is 5.56 Å². The number of hydrogen-bond acceptors (Lipinski definition) is 2. The molecular formula is C8H13Br3O2S. The van der Waals surface area contributed by atoms with E-state index < -0.39 is 9.84 Å². The second kappa shape index (κ2) is 8.88. The Labute approximate surface area is 116 Å². The minimum absolute atomic E-state index is 0. The Morgan fingerprint density at radius 3 is 1.79 bits per heavy atom. The number of sulfone groups is 1. The molecule has 0 aliphatic rings. The lowest BCUT2D eigenvalue weighted by atomic mass is 10.2. The maximum atomic E-state index is 10.8. The molecule has 1 rings (SSSR count). The molecule has 0 saturated carbocycles. The largest absolute Gasteiger partial charge is 0.229 e. The highest BCUT2D eigenvalue weighted by Gasteiger charge is 2.01. The third-order valence-electron chi connectivity index (χ3n) is 1.27. The van der Waals surface area contributed by atoms with E-state index >= 15 is 0 Å². The van der Waals surface area contributed by atoms with Gasteiger partial charge in [-0.3, -0.25) is 0 Å². The Morgan fingerprint density at radius 2 is 1.43 bits per heavy atom. The first-order chi connectivity index (χ1) is 5.08. The van der Waals surface area contributed by atoms with Crippen LogP contribution >= 0.6 is 50.9 Å². The lowest BCUT2D eigenvalue weighted by molar-refractivity contribution is 0.601. The molecule has 0 bridgehead atoms. The Kier molecular flexibility index (Phi) is 12.7. The van der Waals surface area contributed by atoms with Gasteiger partial charge in [0.2, 0.25) is 0 Å². The Balaban J connectivity index is -0.000000403. The quantitative estimate of drug-likeness (QED) is 0.748.